The molecular formula is C14H19ClN2O. The van der Waals surface area contributed by atoms with Gasteiger partial charge in [-0.2, -0.15) is 0 Å². The first-order chi connectivity index (χ1) is 8.65. The van der Waals surface area contributed by atoms with Crippen LogP contribution in [0.2, 0.25) is 5.02 Å². The first-order valence-electron chi connectivity index (χ1n) is 6.41. The van der Waals surface area contributed by atoms with Gasteiger partial charge in [-0.05, 0) is 44.6 Å². The quantitative estimate of drug-likeness (QED) is 0.912. The highest BCUT2D eigenvalue weighted by Gasteiger charge is 2.21. The van der Waals surface area contributed by atoms with E-state index in [0.29, 0.717) is 17.5 Å². The zero-order chi connectivity index (χ0) is 13.0. The van der Waals surface area contributed by atoms with E-state index < -0.39 is 0 Å². The van der Waals surface area contributed by atoms with Crippen molar-refractivity contribution in [2.24, 2.45) is 0 Å². The van der Waals surface area contributed by atoms with Crippen LogP contribution < -0.4 is 5.32 Å². The summed E-state index contributed by atoms with van der Waals surface area (Å²) in [7, 11) is 2.09. The number of hydrogen-bond acceptors (Lipinski definition) is 2. The lowest BCUT2D eigenvalue weighted by atomic mass is 10.00. The number of piperidine rings is 1. The van der Waals surface area contributed by atoms with E-state index in [1.54, 1.807) is 12.1 Å². The maximum atomic E-state index is 12.0. The molecule has 1 saturated heterocycles. The van der Waals surface area contributed by atoms with Crippen molar-refractivity contribution in [2.75, 3.05) is 18.9 Å². The van der Waals surface area contributed by atoms with Crippen molar-refractivity contribution in [1.82, 2.24) is 4.90 Å². The second-order valence-corrected chi connectivity index (χ2v) is 5.33. The molecule has 1 unspecified atom stereocenters. The van der Waals surface area contributed by atoms with E-state index in [1.165, 1.54) is 12.8 Å². The number of likely N-dealkylation sites (tertiary alicyclic amines) is 1. The van der Waals surface area contributed by atoms with E-state index in [0.717, 1.165) is 18.7 Å². The van der Waals surface area contributed by atoms with E-state index in [4.69, 9.17) is 11.6 Å². The number of halogens is 1. The lowest BCUT2D eigenvalue weighted by Gasteiger charge is -2.31. The molecule has 1 heterocycles. The van der Waals surface area contributed by atoms with Gasteiger partial charge >= 0.3 is 0 Å². The number of anilines is 1. The zero-order valence-electron chi connectivity index (χ0n) is 10.7. The van der Waals surface area contributed by atoms with Gasteiger partial charge in [0.1, 0.15) is 0 Å². The van der Waals surface area contributed by atoms with Gasteiger partial charge in [0.2, 0.25) is 5.91 Å². The van der Waals surface area contributed by atoms with Gasteiger partial charge in [-0.25, -0.2) is 0 Å². The maximum Gasteiger partial charge on any atom is 0.225 e. The predicted octanol–water partition coefficient (Wildman–Crippen LogP) is 3.15. The molecule has 3 nitrogen and oxygen atoms in total. The van der Waals surface area contributed by atoms with E-state index in [1.807, 2.05) is 12.1 Å². The number of carbonyl (C=O) groups excluding carboxylic acids is 1. The van der Waals surface area contributed by atoms with Gasteiger partial charge in [0, 0.05) is 23.2 Å². The van der Waals surface area contributed by atoms with Gasteiger partial charge in [0.15, 0.2) is 0 Å². The molecule has 0 aliphatic carbocycles. The summed E-state index contributed by atoms with van der Waals surface area (Å²) < 4.78 is 0. The Balaban J connectivity index is 1.88. The number of rotatable bonds is 3. The first-order valence-corrected chi connectivity index (χ1v) is 6.78. The Morgan fingerprint density at radius 3 is 3.06 bits per heavy atom. The topological polar surface area (TPSA) is 32.3 Å². The Hall–Kier alpha value is -1.06. The van der Waals surface area contributed by atoms with Gasteiger partial charge in [-0.15, -0.1) is 0 Å². The monoisotopic (exact) mass is 266 g/mol. The molecule has 1 aromatic rings. The minimum atomic E-state index is 0.0658. The van der Waals surface area contributed by atoms with Crippen LogP contribution in [-0.2, 0) is 4.79 Å². The second-order valence-electron chi connectivity index (χ2n) is 4.89. The largest absolute Gasteiger partial charge is 0.326 e. The third-order valence-electron chi connectivity index (χ3n) is 3.45. The zero-order valence-corrected chi connectivity index (χ0v) is 11.4. The van der Waals surface area contributed by atoms with Crippen molar-refractivity contribution >= 4 is 23.2 Å². The molecule has 18 heavy (non-hydrogen) atoms. The smallest absolute Gasteiger partial charge is 0.225 e. The number of nitrogens with one attached hydrogen (secondary N) is 1. The average Bonchev–Trinajstić information content (AvgIpc) is 2.32. The van der Waals surface area contributed by atoms with Crippen LogP contribution in [0.4, 0.5) is 5.69 Å². The Kier molecular flexibility index (Phi) is 4.61. The lowest BCUT2D eigenvalue weighted by molar-refractivity contribution is -0.117. The normalized spacial score (nSPS) is 20.7. The summed E-state index contributed by atoms with van der Waals surface area (Å²) >= 11 is 5.88. The number of benzene rings is 1. The predicted molar refractivity (Wildman–Crippen MR) is 75.0 cm³/mol. The van der Waals surface area contributed by atoms with Crippen molar-refractivity contribution in [3.8, 4) is 0 Å². The summed E-state index contributed by atoms with van der Waals surface area (Å²) in [5.74, 6) is 0.0658. The number of nitrogens with zero attached hydrogens (tertiary/aromatic N) is 1. The van der Waals surface area contributed by atoms with Crippen molar-refractivity contribution in [2.45, 2.75) is 31.7 Å². The molecule has 1 N–H and O–H groups in total. The summed E-state index contributed by atoms with van der Waals surface area (Å²) in [6.45, 7) is 1.09. The Bertz CT molecular complexity index is 422. The molecule has 1 aromatic carbocycles. The molecule has 1 aliphatic heterocycles. The van der Waals surface area contributed by atoms with E-state index in [2.05, 4.69) is 17.3 Å². The summed E-state index contributed by atoms with van der Waals surface area (Å²) in [6, 6.07) is 7.63. The summed E-state index contributed by atoms with van der Waals surface area (Å²) in [5, 5.41) is 3.54. The van der Waals surface area contributed by atoms with Crippen LogP contribution in [-0.4, -0.2) is 30.4 Å². The highest BCUT2D eigenvalue weighted by Crippen LogP contribution is 2.19. The van der Waals surface area contributed by atoms with Crippen LogP contribution in [0.1, 0.15) is 25.7 Å². The third-order valence-corrected chi connectivity index (χ3v) is 3.69. The summed E-state index contributed by atoms with van der Waals surface area (Å²) in [4.78, 5) is 14.2. The molecule has 0 radical (unpaired) electrons. The fourth-order valence-corrected chi connectivity index (χ4v) is 2.58. The molecule has 0 spiro atoms. The van der Waals surface area contributed by atoms with E-state index in [-0.39, 0.29) is 5.91 Å². The van der Waals surface area contributed by atoms with Crippen molar-refractivity contribution in [3.63, 3.8) is 0 Å². The van der Waals surface area contributed by atoms with Gasteiger partial charge < -0.3 is 10.2 Å². The highest BCUT2D eigenvalue weighted by molar-refractivity contribution is 6.30. The second kappa shape index (κ2) is 6.21. The molecule has 0 aromatic heterocycles. The third kappa shape index (κ3) is 3.72. The maximum absolute atomic E-state index is 12.0. The van der Waals surface area contributed by atoms with Crippen LogP contribution in [0.5, 0.6) is 0 Å². The lowest BCUT2D eigenvalue weighted by Crippen LogP contribution is -2.38. The summed E-state index contributed by atoms with van der Waals surface area (Å²) in [6.07, 6.45) is 4.13. The minimum Gasteiger partial charge on any atom is -0.326 e. The first kappa shape index (κ1) is 13.4. The van der Waals surface area contributed by atoms with E-state index >= 15 is 0 Å². The molecule has 1 atom stereocenters. The Morgan fingerprint density at radius 2 is 2.33 bits per heavy atom. The molecule has 98 valence electrons. The molecule has 0 bridgehead atoms. The SMILES string of the molecule is CN1CCCCC1CC(=O)Nc1cccc(Cl)c1. The standard InChI is InChI=1S/C14H19ClN2O/c1-17-8-3-2-7-13(17)10-14(18)16-12-6-4-5-11(15)9-12/h4-6,9,13H,2-3,7-8,10H2,1H3,(H,16,18). The fraction of sp³-hybridized carbons (Fsp3) is 0.500. The molecule has 1 fully saturated rings. The molecular weight excluding hydrogens is 248 g/mol. The van der Waals surface area contributed by atoms with E-state index in [9.17, 15) is 4.79 Å². The van der Waals surface area contributed by atoms with Crippen LogP contribution in [0.15, 0.2) is 24.3 Å². The van der Waals surface area contributed by atoms with Crippen molar-refractivity contribution in [1.29, 1.82) is 0 Å². The van der Waals surface area contributed by atoms with Crippen molar-refractivity contribution in [3.05, 3.63) is 29.3 Å². The number of hydrogen-bond donors (Lipinski definition) is 1. The van der Waals surface area contributed by atoms with Crippen LogP contribution in [0.25, 0.3) is 0 Å². The summed E-state index contributed by atoms with van der Waals surface area (Å²) in [5.41, 5.74) is 0.769. The molecule has 0 saturated carbocycles. The van der Waals surface area contributed by atoms with Crippen LogP contribution in [0.3, 0.4) is 0 Å². The molecule has 1 aliphatic rings. The minimum absolute atomic E-state index is 0.0658. The number of carbonyl (C=O) groups is 1. The van der Waals surface area contributed by atoms with Gasteiger partial charge in [0.05, 0.1) is 0 Å². The molecule has 4 heteroatoms. The fourth-order valence-electron chi connectivity index (χ4n) is 2.39. The Labute approximate surface area is 113 Å². The average molecular weight is 267 g/mol. The van der Waals surface area contributed by atoms with Crippen LogP contribution in [0, 0.1) is 0 Å². The van der Waals surface area contributed by atoms with Crippen LogP contribution >= 0.6 is 11.6 Å². The highest BCUT2D eigenvalue weighted by atomic mass is 35.5. The Morgan fingerprint density at radius 1 is 1.50 bits per heavy atom. The molecule has 1 amide bonds. The molecule has 2 rings (SSSR count). The van der Waals surface area contributed by atoms with Gasteiger partial charge in [0.25, 0.3) is 0 Å². The van der Waals surface area contributed by atoms with Crippen molar-refractivity contribution < 1.29 is 4.79 Å². The van der Waals surface area contributed by atoms with Gasteiger partial charge in [-0.3, -0.25) is 4.79 Å². The van der Waals surface area contributed by atoms with Gasteiger partial charge in [-0.1, -0.05) is 24.1 Å². The number of amides is 1.